The van der Waals surface area contributed by atoms with Gasteiger partial charge in [0.25, 0.3) is 0 Å². The quantitative estimate of drug-likeness (QED) is 0.0805. The maximum atomic E-state index is 9.08. The molecule has 0 unspecified atom stereocenters. The van der Waals surface area contributed by atoms with Crippen molar-refractivity contribution in [2.24, 2.45) is 0 Å². The van der Waals surface area contributed by atoms with Crippen molar-refractivity contribution in [3.05, 3.63) is 103 Å². The first kappa shape index (κ1) is 39.7. The zero-order valence-electron chi connectivity index (χ0n) is 28.2. The molecular formula is C39H48NO5PPdS-2. The van der Waals surface area contributed by atoms with Crippen molar-refractivity contribution in [1.82, 2.24) is 0 Å². The van der Waals surface area contributed by atoms with E-state index >= 15 is 0 Å². The van der Waals surface area contributed by atoms with Crippen LogP contribution in [0.25, 0.3) is 28.0 Å². The molecule has 4 aromatic rings. The first-order valence-corrected chi connectivity index (χ1v) is 20.0. The van der Waals surface area contributed by atoms with Gasteiger partial charge in [0.15, 0.2) is 0 Å². The van der Waals surface area contributed by atoms with Gasteiger partial charge in [0.2, 0.25) is 0 Å². The molecule has 1 N–H and O–H groups in total. The van der Waals surface area contributed by atoms with Crippen LogP contribution in [0.15, 0.2) is 91.0 Å². The SMILES string of the molecule is COc1cccc(OC)c1-c1ccccc1[PH+](C1CCCCC1)C1CCCCC1.CS(=O)(=O)[O-].[NH-]c1ccccc1-c1[c-]cccc1.[Pd]. The van der Waals surface area contributed by atoms with Crippen LogP contribution < -0.4 is 14.8 Å². The molecule has 0 spiro atoms. The summed E-state index contributed by atoms with van der Waals surface area (Å²) in [5.41, 5.74) is 14.5. The summed E-state index contributed by atoms with van der Waals surface area (Å²) in [5.74, 6) is 1.84. The molecule has 262 valence electrons. The van der Waals surface area contributed by atoms with E-state index in [1.54, 1.807) is 25.6 Å². The molecular weight excluding hydrogens is 732 g/mol. The Labute approximate surface area is 303 Å². The molecule has 0 atom stereocenters. The van der Waals surface area contributed by atoms with Gasteiger partial charge in [-0.05, 0) is 69.6 Å². The van der Waals surface area contributed by atoms with Crippen LogP contribution in [0.1, 0.15) is 64.2 Å². The first-order valence-electron chi connectivity index (χ1n) is 16.6. The normalized spacial score (nSPS) is 15.2. The van der Waals surface area contributed by atoms with Crippen LogP contribution in [0.5, 0.6) is 11.5 Å². The summed E-state index contributed by atoms with van der Waals surface area (Å²) in [7, 11) is -1.03. The van der Waals surface area contributed by atoms with E-state index in [9.17, 15) is 0 Å². The summed E-state index contributed by atoms with van der Waals surface area (Å²) in [4.78, 5) is 0. The molecule has 0 bridgehead atoms. The van der Waals surface area contributed by atoms with Crippen LogP contribution in [-0.2, 0) is 30.5 Å². The van der Waals surface area contributed by atoms with E-state index in [2.05, 4.69) is 42.5 Å². The Morgan fingerprint density at radius 2 is 1.19 bits per heavy atom. The topological polar surface area (TPSA) is 99.5 Å². The largest absolute Gasteiger partial charge is 0.748 e. The van der Waals surface area contributed by atoms with Gasteiger partial charge in [0, 0.05) is 40.2 Å². The molecule has 0 aromatic heterocycles. The third-order valence-corrected chi connectivity index (χ3v) is 12.9. The zero-order valence-corrected chi connectivity index (χ0v) is 31.5. The number of hydrogen-bond donors (Lipinski definition) is 0. The Kier molecular flexibility index (Phi) is 16.6. The molecule has 0 saturated heterocycles. The van der Waals surface area contributed by atoms with Crippen LogP contribution in [0.4, 0.5) is 5.69 Å². The van der Waals surface area contributed by atoms with Gasteiger partial charge in [-0.1, -0.05) is 61.4 Å². The fourth-order valence-electron chi connectivity index (χ4n) is 6.95. The number of hydrogen-bond acceptors (Lipinski definition) is 5. The minimum Gasteiger partial charge on any atom is -0.748 e. The second-order valence-corrected chi connectivity index (χ2v) is 16.7. The van der Waals surface area contributed by atoms with Crippen molar-refractivity contribution >= 4 is 29.0 Å². The molecule has 2 aliphatic carbocycles. The van der Waals surface area contributed by atoms with Crippen LogP contribution in [-0.4, -0.2) is 44.8 Å². The molecule has 2 saturated carbocycles. The Hall–Kier alpha value is -2.72. The van der Waals surface area contributed by atoms with E-state index in [0.717, 1.165) is 39.5 Å². The Bertz CT molecular complexity index is 1590. The van der Waals surface area contributed by atoms with E-state index in [1.807, 2.05) is 48.5 Å². The van der Waals surface area contributed by atoms with E-state index in [-0.39, 0.29) is 20.4 Å². The molecule has 48 heavy (non-hydrogen) atoms. The molecule has 6 nitrogen and oxygen atoms in total. The number of nitrogens with one attached hydrogen (secondary N) is 1. The van der Waals surface area contributed by atoms with E-state index in [1.165, 1.54) is 69.8 Å². The second kappa shape index (κ2) is 20.1. The van der Waals surface area contributed by atoms with Crippen molar-refractivity contribution in [1.29, 1.82) is 0 Å². The van der Waals surface area contributed by atoms with Gasteiger partial charge in [-0.15, -0.1) is 41.5 Å². The van der Waals surface area contributed by atoms with Crippen molar-refractivity contribution in [3.63, 3.8) is 0 Å². The predicted molar refractivity (Wildman–Crippen MR) is 197 cm³/mol. The van der Waals surface area contributed by atoms with Crippen LogP contribution in [0, 0.1) is 6.07 Å². The van der Waals surface area contributed by atoms with Gasteiger partial charge in [-0.3, -0.25) is 0 Å². The zero-order chi connectivity index (χ0) is 33.6. The van der Waals surface area contributed by atoms with Crippen molar-refractivity contribution in [2.75, 3.05) is 20.5 Å². The van der Waals surface area contributed by atoms with E-state index in [0.29, 0.717) is 11.9 Å². The third-order valence-electron chi connectivity index (χ3n) is 8.95. The summed E-state index contributed by atoms with van der Waals surface area (Å²) in [6.45, 7) is 0. The number of ether oxygens (including phenoxy) is 2. The minimum absolute atomic E-state index is 0. The Morgan fingerprint density at radius 3 is 1.67 bits per heavy atom. The molecule has 9 heteroatoms. The van der Waals surface area contributed by atoms with Gasteiger partial charge in [-0.2, -0.15) is 5.69 Å². The fraction of sp³-hybridized carbons (Fsp3) is 0.385. The molecule has 0 amide bonds. The maximum Gasteiger partial charge on any atom is 0.130 e. The minimum atomic E-state index is -3.92. The predicted octanol–water partition coefficient (Wildman–Crippen LogP) is 9.87. The van der Waals surface area contributed by atoms with Crippen molar-refractivity contribution < 1.29 is 42.9 Å². The molecule has 6 rings (SSSR count). The Morgan fingerprint density at radius 1 is 0.708 bits per heavy atom. The van der Waals surface area contributed by atoms with Gasteiger partial charge in [0.05, 0.1) is 41.2 Å². The summed E-state index contributed by atoms with van der Waals surface area (Å²) in [6, 6.07) is 33.7. The smallest absolute Gasteiger partial charge is 0.130 e. The number of methoxy groups -OCH3 is 2. The van der Waals surface area contributed by atoms with Gasteiger partial charge < -0.3 is 19.8 Å². The van der Waals surface area contributed by atoms with Gasteiger partial charge in [0.1, 0.15) is 16.8 Å². The van der Waals surface area contributed by atoms with Gasteiger partial charge in [-0.25, -0.2) is 8.42 Å². The second-order valence-electron chi connectivity index (χ2n) is 12.2. The van der Waals surface area contributed by atoms with Crippen molar-refractivity contribution in [2.45, 2.75) is 75.5 Å². The van der Waals surface area contributed by atoms with Crippen LogP contribution in [0.3, 0.4) is 0 Å². The molecule has 0 radical (unpaired) electrons. The van der Waals surface area contributed by atoms with Crippen molar-refractivity contribution in [3.8, 4) is 33.8 Å². The maximum absolute atomic E-state index is 9.08. The van der Waals surface area contributed by atoms with E-state index in [4.69, 9.17) is 28.2 Å². The summed E-state index contributed by atoms with van der Waals surface area (Å²) >= 11 is 0. The molecule has 2 fully saturated rings. The molecule has 0 heterocycles. The van der Waals surface area contributed by atoms with Crippen LogP contribution >= 0.6 is 7.92 Å². The summed E-state index contributed by atoms with van der Waals surface area (Å²) in [5, 5.41) is 1.62. The Balaban J connectivity index is 0.000000272. The fourth-order valence-corrected chi connectivity index (χ4v) is 11.4. The first-order chi connectivity index (χ1) is 22.7. The summed E-state index contributed by atoms with van der Waals surface area (Å²) in [6.07, 6.45) is 14.9. The van der Waals surface area contributed by atoms with E-state index < -0.39 is 18.0 Å². The third kappa shape index (κ3) is 11.7. The van der Waals surface area contributed by atoms with Gasteiger partial charge >= 0.3 is 0 Å². The number of rotatable bonds is 7. The standard InChI is InChI=1S/C26H35O2P.C12H9N.CH4O3S.Pd/c1-27-23-17-11-18-24(28-2)26(23)22-16-9-10-19-25(22)29(20-12-5-3-6-13-20)21-14-7-4-8-15-21;13-12-9-5-4-8-11(12)10-6-2-1-3-7-10;1-5(2,3)4;/h9-11,16-21H,3-8,12-15H2,1-2H3;1-6,8-9,13H;1H3,(H,2,3,4);/q;-2;;. The average molecular weight is 780 g/mol. The number of benzene rings is 4. The average Bonchev–Trinajstić information content (AvgIpc) is 3.09. The van der Waals surface area contributed by atoms with Crippen LogP contribution in [0.2, 0.25) is 0 Å². The molecule has 2 aliphatic rings. The molecule has 0 aliphatic heterocycles. The monoisotopic (exact) mass is 779 g/mol. The molecule has 4 aromatic carbocycles. The summed E-state index contributed by atoms with van der Waals surface area (Å²) < 4.78 is 38.8.